The van der Waals surface area contributed by atoms with E-state index in [0.29, 0.717) is 24.1 Å². The Labute approximate surface area is 81.6 Å². The summed E-state index contributed by atoms with van der Waals surface area (Å²) in [4.78, 5) is 4.19. The topological polar surface area (TPSA) is 31.4 Å². The van der Waals surface area contributed by atoms with E-state index >= 15 is 0 Å². The first-order chi connectivity index (χ1) is 6.24. The Balaban J connectivity index is 2.10. The van der Waals surface area contributed by atoms with E-state index in [1.807, 2.05) is 6.92 Å². The van der Waals surface area contributed by atoms with Crippen LogP contribution in [0.2, 0.25) is 5.02 Å². The van der Waals surface area contributed by atoms with Crippen molar-refractivity contribution < 1.29 is 9.47 Å². The number of halogens is 1. The van der Waals surface area contributed by atoms with Gasteiger partial charge in [0.05, 0.1) is 13.2 Å². The Bertz CT molecular complexity index is 292. The molecular formula is C9H10ClNO2. The van der Waals surface area contributed by atoms with Crippen molar-refractivity contribution in [3.63, 3.8) is 0 Å². The number of hydrogen-bond donors (Lipinski definition) is 0. The van der Waals surface area contributed by atoms with Gasteiger partial charge in [-0.3, -0.25) is 0 Å². The average Bonchev–Trinajstić information content (AvgIpc) is 1.95. The molecule has 1 aliphatic rings. The molecule has 1 saturated heterocycles. The highest BCUT2D eigenvalue weighted by Gasteiger charge is 2.20. The lowest BCUT2D eigenvalue weighted by Crippen LogP contribution is -2.38. The SMILES string of the molecule is Cc1cc(Cl)cc(OC2COC2)n1. The average molecular weight is 200 g/mol. The second-order valence-electron chi connectivity index (χ2n) is 3.04. The maximum absolute atomic E-state index is 5.84. The van der Waals surface area contributed by atoms with Gasteiger partial charge in [0.25, 0.3) is 0 Å². The summed E-state index contributed by atoms with van der Waals surface area (Å²) in [5, 5.41) is 0.655. The predicted octanol–water partition coefficient (Wildman–Crippen LogP) is 1.82. The van der Waals surface area contributed by atoms with Crippen LogP contribution in [-0.4, -0.2) is 24.3 Å². The summed E-state index contributed by atoms with van der Waals surface area (Å²) in [7, 11) is 0. The lowest BCUT2D eigenvalue weighted by Gasteiger charge is -2.26. The van der Waals surface area contributed by atoms with E-state index in [1.165, 1.54) is 0 Å². The van der Waals surface area contributed by atoms with Gasteiger partial charge in [0.1, 0.15) is 6.10 Å². The van der Waals surface area contributed by atoms with Gasteiger partial charge in [0.2, 0.25) is 5.88 Å². The zero-order chi connectivity index (χ0) is 9.26. The second kappa shape index (κ2) is 3.52. The van der Waals surface area contributed by atoms with Gasteiger partial charge >= 0.3 is 0 Å². The van der Waals surface area contributed by atoms with E-state index in [1.54, 1.807) is 12.1 Å². The minimum atomic E-state index is 0.144. The highest BCUT2D eigenvalue weighted by atomic mass is 35.5. The number of pyridine rings is 1. The van der Waals surface area contributed by atoms with Gasteiger partial charge in [0, 0.05) is 16.8 Å². The van der Waals surface area contributed by atoms with Crippen molar-refractivity contribution in [1.29, 1.82) is 0 Å². The van der Waals surface area contributed by atoms with Crippen LogP contribution in [0.1, 0.15) is 5.69 Å². The van der Waals surface area contributed by atoms with Gasteiger partial charge in [0.15, 0.2) is 0 Å². The highest BCUT2D eigenvalue weighted by Crippen LogP contribution is 2.19. The molecule has 1 aromatic rings. The van der Waals surface area contributed by atoms with Crippen molar-refractivity contribution in [2.45, 2.75) is 13.0 Å². The normalized spacial score (nSPS) is 16.8. The highest BCUT2D eigenvalue weighted by molar-refractivity contribution is 6.30. The first-order valence-corrected chi connectivity index (χ1v) is 4.50. The number of aryl methyl sites for hydroxylation is 1. The first-order valence-electron chi connectivity index (χ1n) is 4.12. The fourth-order valence-electron chi connectivity index (χ4n) is 1.11. The van der Waals surface area contributed by atoms with Crippen LogP contribution in [0.5, 0.6) is 5.88 Å². The Morgan fingerprint density at radius 3 is 2.85 bits per heavy atom. The Kier molecular flexibility index (Phi) is 2.38. The molecule has 0 atom stereocenters. The van der Waals surface area contributed by atoms with E-state index in [2.05, 4.69) is 4.98 Å². The summed E-state index contributed by atoms with van der Waals surface area (Å²) in [6.45, 7) is 3.18. The van der Waals surface area contributed by atoms with Crippen molar-refractivity contribution in [1.82, 2.24) is 4.98 Å². The summed E-state index contributed by atoms with van der Waals surface area (Å²) in [6.07, 6.45) is 0.144. The van der Waals surface area contributed by atoms with E-state index in [-0.39, 0.29) is 6.10 Å². The van der Waals surface area contributed by atoms with Crippen LogP contribution in [0.15, 0.2) is 12.1 Å². The summed E-state index contributed by atoms with van der Waals surface area (Å²) >= 11 is 5.84. The van der Waals surface area contributed by atoms with Crippen LogP contribution in [0.4, 0.5) is 0 Å². The molecule has 0 aromatic carbocycles. The monoisotopic (exact) mass is 199 g/mol. The van der Waals surface area contributed by atoms with Crippen LogP contribution >= 0.6 is 11.6 Å². The molecule has 0 aliphatic carbocycles. The predicted molar refractivity (Wildman–Crippen MR) is 49.2 cm³/mol. The molecule has 0 N–H and O–H groups in total. The third-order valence-electron chi connectivity index (χ3n) is 1.79. The summed E-state index contributed by atoms with van der Waals surface area (Å²) in [5.41, 5.74) is 0.864. The Hall–Kier alpha value is -0.800. The lowest BCUT2D eigenvalue weighted by atomic mass is 10.3. The Morgan fingerprint density at radius 2 is 2.31 bits per heavy atom. The molecule has 2 heterocycles. The molecule has 70 valence electrons. The molecule has 13 heavy (non-hydrogen) atoms. The third-order valence-corrected chi connectivity index (χ3v) is 2.01. The molecule has 3 nitrogen and oxygen atoms in total. The summed E-state index contributed by atoms with van der Waals surface area (Å²) < 4.78 is 10.5. The quantitative estimate of drug-likeness (QED) is 0.728. The molecule has 1 aromatic heterocycles. The van der Waals surface area contributed by atoms with Gasteiger partial charge in [-0.25, -0.2) is 4.98 Å². The molecule has 0 bridgehead atoms. The van der Waals surface area contributed by atoms with Gasteiger partial charge in [-0.15, -0.1) is 0 Å². The second-order valence-corrected chi connectivity index (χ2v) is 3.48. The maximum atomic E-state index is 5.84. The number of aromatic nitrogens is 1. The van der Waals surface area contributed by atoms with Crippen molar-refractivity contribution in [3.8, 4) is 5.88 Å². The smallest absolute Gasteiger partial charge is 0.215 e. The number of ether oxygens (including phenoxy) is 2. The molecule has 0 spiro atoms. The molecule has 1 aliphatic heterocycles. The van der Waals surface area contributed by atoms with Crippen LogP contribution in [0, 0.1) is 6.92 Å². The largest absolute Gasteiger partial charge is 0.469 e. The lowest BCUT2D eigenvalue weighted by molar-refractivity contribution is -0.0813. The first kappa shape index (κ1) is 8.78. The van der Waals surface area contributed by atoms with E-state index in [9.17, 15) is 0 Å². The van der Waals surface area contributed by atoms with Crippen LogP contribution in [0.25, 0.3) is 0 Å². The fraction of sp³-hybridized carbons (Fsp3) is 0.444. The number of hydrogen-bond acceptors (Lipinski definition) is 3. The van der Waals surface area contributed by atoms with Crippen molar-refractivity contribution >= 4 is 11.6 Å². The fourth-order valence-corrected chi connectivity index (χ4v) is 1.36. The van der Waals surface area contributed by atoms with E-state index in [4.69, 9.17) is 21.1 Å². The van der Waals surface area contributed by atoms with Crippen LogP contribution in [-0.2, 0) is 4.74 Å². The maximum Gasteiger partial charge on any atom is 0.215 e. The zero-order valence-corrected chi connectivity index (χ0v) is 8.04. The van der Waals surface area contributed by atoms with Gasteiger partial charge < -0.3 is 9.47 Å². The van der Waals surface area contributed by atoms with Crippen LogP contribution in [0.3, 0.4) is 0 Å². The van der Waals surface area contributed by atoms with E-state index < -0.39 is 0 Å². The third kappa shape index (κ3) is 2.11. The van der Waals surface area contributed by atoms with Gasteiger partial charge in [-0.2, -0.15) is 0 Å². The zero-order valence-electron chi connectivity index (χ0n) is 7.29. The molecular weight excluding hydrogens is 190 g/mol. The summed E-state index contributed by atoms with van der Waals surface area (Å²) in [6, 6.07) is 3.51. The molecule has 1 fully saturated rings. The van der Waals surface area contributed by atoms with Crippen molar-refractivity contribution in [2.75, 3.05) is 13.2 Å². The van der Waals surface area contributed by atoms with Crippen LogP contribution < -0.4 is 4.74 Å². The molecule has 0 radical (unpaired) electrons. The Morgan fingerprint density at radius 1 is 1.54 bits per heavy atom. The molecule has 2 rings (SSSR count). The number of rotatable bonds is 2. The molecule has 0 amide bonds. The van der Waals surface area contributed by atoms with E-state index in [0.717, 1.165) is 5.69 Å². The standard InChI is InChI=1S/C9H10ClNO2/c1-6-2-7(10)3-9(11-6)13-8-4-12-5-8/h2-3,8H,4-5H2,1H3. The molecule has 4 heteroatoms. The van der Waals surface area contributed by atoms with Crippen molar-refractivity contribution in [2.24, 2.45) is 0 Å². The number of nitrogens with zero attached hydrogens (tertiary/aromatic N) is 1. The minimum absolute atomic E-state index is 0.144. The van der Waals surface area contributed by atoms with Gasteiger partial charge in [-0.1, -0.05) is 11.6 Å². The van der Waals surface area contributed by atoms with Gasteiger partial charge in [-0.05, 0) is 13.0 Å². The van der Waals surface area contributed by atoms with Crippen molar-refractivity contribution in [3.05, 3.63) is 22.8 Å². The summed E-state index contributed by atoms with van der Waals surface area (Å²) in [5.74, 6) is 0.582. The molecule has 0 unspecified atom stereocenters. The molecule has 0 saturated carbocycles. The minimum Gasteiger partial charge on any atom is -0.469 e.